The highest BCUT2D eigenvalue weighted by molar-refractivity contribution is 7.17. The largest absolute Gasteiger partial charge is 0.507 e. The first-order valence-electron chi connectivity index (χ1n) is 3.88. The van der Waals surface area contributed by atoms with Crippen molar-refractivity contribution in [2.24, 2.45) is 0 Å². The fourth-order valence-corrected chi connectivity index (χ4v) is 2.20. The third-order valence-electron chi connectivity index (χ3n) is 2.04. The van der Waals surface area contributed by atoms with Gasteiger partial charge in [-0.3, -0.25) is 0 Å². The van der Waals surface area contributed by atoms with Crippen LogP contribution in [-0.4, -0.2) is 5.11 Å². The molecule has 1 aromatic heterocycles. The van der Waals surface area contributed by atoms with Crippen molar-refractivity contribution in [3.63, 3.8) is 0 Å². The summed E-state index contributed by atoms with van der Waals surface area (Å²) in [6.07, 6.45) is -2.75. The van der Waals surface area contributed by atoms with E-state index in [0.717, 1.165) is 0 Å². The Kier molecular flexibility index (Phi) is 2.03. The minimum atomic E-state index is -2.75. The van der Waals surface area contributed by atoms with Gasteiger partial charge in [0, 0.05) is 10.1 Å². The third kappa shape index (κ3) is 1.21. The molecule has 0 saturated carbocycles. The summed E-state index contributed by atoms with van der Waals surface area (Å²) in [5.74, 6) is -0.438. The number of anilines is 1. The van der Waals surface area contributed by atoms with Crippen LogP contribution in [-0.2, 0) is 0 Å². The number of halogens is 2. The second kappa shape index (κ2) is 3.09. The fourth-order valence-electron chi connectivity index (χ4n) is 1.37. The molecule has 0 aliphatic rings. The number of fused-ring (bicyclic) bond motifs is 1. The molecular weight excluding hydrogens is 208 g/mol. The number of benzene rings is 1. The van der Waals surface area contributed by atoms with E-state index in [0.29, 0.717) is 10.1 Å². The maximum Gasteiger partial charge on any atom is 0.269 e. The van der Waals surface area contributed by atoms with Crippen LogP contribution in [0.1, 0.15) is 12.0 Å². The summed E-state index contributed by atoms with van der Waals surface area (Å²) in [7, 11) is 0. The van der Waals surface area contributed by atoms with E-state index in [1.54, 1.807) is 11.4 Å². The van der Waals surface area contributed by atoms with Crippen molar-refractivity contribution in [1.29, 1.82) is 0 Å². The number of phenolic OH excluding ortho intramolecular Hbond substituents is 1. The number of hydrogen-bond acceptors (Lipinski definition) is 3. The van der Waals surface area contributed by atoms with Crippen molar-refractivity contribution in [3.8, 4) is 5.75 Å². The molecule has 0 aliphatic carbocycles. The summed E-state index contributed by atoms with van der Waals surface area (Å²) in [5, 5.41) is 11.6. The molecule has 0 radical (unpaired) electrons. The smallest absolute Gasteiger partial charge is 0.269 e. The highest BCUT2D eigenvalue weighted by Crippen LogP contribution is 2.40. The fraction of sp³-hybridized carbons (Fsp3) is 0.111. The van der Waals surface area contributed by atoms with Gasteiger partial charge >= 0.3 is 0 Å². The highest BCUT2D eigenvalue weighted by atomic mass is 32.1. The van der Waals surface area contributed by atoms with Crippen molar-refractivity contribution in [2.75, 3.05) is 5.73 Å². The van der Waals surface area contributed by atoms with Crippen LogP contribution < -0.4 is 5.73 Å². The predicted molar refractivity (Wildman–Crippen MR) is 52.9 cm³/mol. The molecule has 1 aromatic carbocycles. The van der Waals surface area contributed by atoms with E-state index in [2.05, 4.69) is 0 Å². The van der Waals surface area contributed by atoms with Crippen LogP contribution in [0.5, 0.6) is 5.75 Å². The van der Waals surface area contributed by atoms with E-state index in [1.807, 2.05) is 0 Å². The van der Waals surface area contributed by atoms with Gasteiger partial charge in [0.2, 0.25) is 0 Å². The van der Waals surface area contributed by atoms with Crippen molar-refractivity contribution >= 4 is 27.1 Å². The van der Waals surface area contributed by atoms with Crippen LogP contribution in [0.2, 0.25) is 0 Å². The monoisotopic (exact) mass is 215 g/mol. The molecule has 1 heterocycles. The second-order valence-corrected chi connectivity index (χ2v) is 3.80. The second-order valence-electron chi connectivity index (χ2n) is 2.86. The lowest BCUT2D eigenvalue weighted by molar-refractivity contribution is 0.148. The SMILES string of the molecule is Nc1c(C(F)F)c(O)cc2sccc12. The minimum absolute atomic E-state index is 0.0312. The normalized spacial score (nSPS) is 11.4. The Morgan fingerprint density at radius 1 is 1.43 bits per heavy atom. The Hall–Kier alpha value is -1.36. The predicted octanol–water partition coefficient (Wildman–Crippen LogP) is 3.13. The number of nitrogen functional groups attached to an aromatic ring is 1. The first kappa shape index (κ1) is 9.21. The number of thiophene rings is 1. The number of hydrogen-bond donors (Lipinski definition) is 2. The molecule has 3 N–H and O–H groups in total. The van der Waals surface area contributed by atoms with Crippen LogP contribution >= 0.6 is 11.3 Å². The zero-order valence-electron chi connectivity index (χ0n) is 7.00. The van der Waals surface area contributed by atoms with Gasteiger partial charge in [-0.05, 0) is 17.5 Å². The third-order valence-corrected chi connectivity index (χ3v) is 2.90. The zero-order valence-corrected chi connectivity index (χ0v) is 7.81. The molecule has 5 heteroatoms. The van der Waals surface area contributed by atoms with Gasteiger partial charge in [-0.1, -0.05) is 0 Å². The molecule has 0 unspecified atom stereocenters. The van der Waals surface area contributed by atoms with E-state index in [9.17, 15) is 13.9 Å². The molecule has 0 bridgehead atoms. The summed E-state index contributed by atoms with van der Waals surface area (Å²) in [6, 6.07) is 2.98. The van der Waals surface area contributed by atoms with E-state index < -0.39 is 17.7 Å². The number of phenols is 1. The first-order chi connectivity index (χ1) is 6.61. The molecule has 14 heavy (non-hydrogen) atoms. The Bertz CT molecular complexity index is 481. The zero-order chi connectivity index (χ0) is 10.3. The van der Waals surface area contributed by atoms with Gasteiger partial charge in [0.25, 0.3) is 6.43 Å². The number of aromatic hydroxyl groups is 1. The van der Waals surface area contributed by atoms with Crippen molar-refractivity contribution < 1.29 is 13.9 Å². The van der Waals surface area contributed by atoms with E-state index in [1.165, 1.54) is 17.4 Å². The van der Waals surface area contributed by atoms with Gasteiger partial charge in [-0.15, -0.1) is 11.3 Å². The Morgan fingerprint density at radius 2 is 2.14 bits per heavy atom. The van der Waals surface area contributed by atoms with Crippen molar-refractivity contribution in [2.45, 2.75) is 6.43 Å². The summed E-state index contributed by atoms with van der Waals surface area (Å²) in [5.41, 5.74) is 5.02. The topological polar surface area (TPSA) is 46.2 Å². The van der Waals surface area contributed by atoms with Gasteiger partial charge in [-0.25, -0.2) is 8.78 Å². The van der Waals surface area contributed by atoms with Crippen LogP contribution in [0.3, 0.4) is 0 Å². The van der Waals surface area contributed by atoms with E-state index in [4.69, 9.17) is 5.73 Å². The van der Waals surface area contributed by atoms with E-state index in [-0.39, 0.29) is 5.69 Å². The van der Waals surface area contributed by atoms with Gasteiger partial charge < -0.3 is 10.8 Å². The maximum atomic E-state index is 12.5. The van der Waals surface area contributed by atoms with Gasteiger partial charge in [0.1, 0.15) is 5.75 Å². The maximum absolute atomic E-state index is 12.5. The molecule has 0 amide bonds. The van der Waals surface area contributed by atoms with Crippen LogP contribution in [0, 0.1) is 0 Å². The van der Waals surface area contributed by atoms with E-state index >= 15 is 0 Å². The van der Waals surface area contributed by atoms with Crippen LogP contribution in [0.4, 0.5) is 14.5 Å². The van der Waals surface area contributed by atoms with Gasteiger partial charge in [0.15, 0.2) is 0 Å². The molecule has 0 atom stereocenters. The lowest BCUT2D eigenvalue weighted by Gasteiger charge is -2.07. The van der Waals surface area contributed by atoms with Crippen LogP contribution in [0.25, 0.3) is 10.1 Å². The summed E-state index contributed by atoms with van der Waals surface area (Å²) in [4.78, 5) is 0. The molecule has 0 fully saturated rings. The lowest BCUT2D eigenvalue weighted by Crippen LogP contribution is -1.95. The lowest BCUT2D eigenvalue weighted by atomic mass is 10.1. The Morgan fingerprint density at radius 3 is 2.79 bits per heavy atom. The summed E-state index contributed by atoms with van der Waals surface area (Å²) in [6.45, 7) is 0. The van der Waals surface area contributed by atoms with Crippen molar-refractivity contribution in [1.82, 2.24) is 0 Å². The Labute approximate surface area is 82.6 Å². The number of alkyl halides is 2. The first-order valence-corrected chi connectivity index (χ1v) is 4.76. The summed E-state index contributed by atoms with van der Waals surface area (Å²) >= 11 is 1.35. The molecule has 0 saturated heterocycles. The van der Waals surface area contributed by atoms with Crippen LogP contribution in [0.15, 0.2) is 17.5 Å². The molecule has 0 spiro atoms. The molecule has 2 rings (SSSR count). The quantitative estimate of drug-likeness (QED) is 0.718. The molecule has 0 aliphatic heterocycles. The Balaban J connectivity index is 2.82. The molecule has 2 nitrogen and oxygen atoms in total. The average molecular weight is 215 g/mol. The summed E-state index contributed by atoms with van der Waals surface area (Å²) < 4.78 is 25.7. The molecular formula is C9H7F2NOS. The van der Waals surface area contributed by atoms with Crippen molar-refractivity contribution in [3.05, 3.63) is 23.1 Å². The van der Waals surface area contributed by atoms with Gasteiger partial charge in [0.05, 0.1) is 11.3 Å². The van der Waals surface area contributed by atoms with Gasteiger partial charge in [-0.2, -0.15) is 0 Å². The average Bonchev–Trinajstić information content (AvgIpc) is 2.50. The molecule has 74 valence electrons. The minimum Gasteiger partial charge on any atom is -0.507 e. The number of nitrogens with two attached hydrogens (primary N) is 1. The molecule has 2 aromatic rings. The standard InChI is InChI=1S/C9H7F2NOS/c10-9(11)7-5(13)3-6-4(8(7)12)1-2-14-6/h1-3,9,13H,12H2. The number of rotatable bonds is 1. The highest BCUT2D eigenvalue weighted by Gasteiger charge is 2.19.